The molecule has 0 atom stereocenters. The van der Waals surface area contributed by atoms with Crippen molar-refractivity contribution in [3.05, 3.63) is 76.3 Å². The second-order valence-electron chi connectivity index (χ2n) is 7.47. The van der Waals surface area contributed by atoms with Crippen LogP contribution in [0.4, 0.5) is 11.4 Å². The lowest BCUT2D eigenvalue weighted by Crippen LogP contribution is -2.21. The summed E-state index contributed by atoms with van der Waals surface area (Å²) >= 11 is 3.42. The number of para-hydroxylation sites is 2. The minimum absolute atomic E-state index is 0.0573. The number of nitrogens with zero attached hydrogens (tertiary/aromatic N) is 1. The van der Waals surface area contributed by atoms with Crippen LogP contribution in [-0.2, 0) is 9.59 Å². The third-order valence-electron chi connectivity index (χ3n) is 4.86. The van der Waals surface area contributed by atoms with Crippen molar-refractivity contribution in [1.82, 2.24) is 0 Å². The molecule has 0 radical (unpaired) electrons. The molecule has 0 bridgehead atoms. The van der Waals surface area contributed by atoms with Gasteiger partial charge in [0.25, 0.3) is 11.8 Å². The predicted molar refractivity (Wildman–Crippen MR) is 143 cm³/mol. The molecule has 0 aliphatic carbocycles. The van der Waals surface area contributed by atoms with Crippen molar-refractivity contribution in [2.45, 2.75) is 6.92 Å². The van der Waals surface area contributed by atoms with E-state index in [4.69, 9.17) is 14.2 Å². The van der Waals surface area contributed by atoms with Crippen LogP contribution in [0, 0.1) is 11.3 Å². The molecule has 0 spiro atoms. The number of carbonyl (C=O) groups excluding carboxylic acids is 2. The first-order valence-corrected chi connectivity index (χ1v) is 11.9. The molecule has 0 aliphatic heterocycles. The molecule has 9 nitrogen and oxygen atoms in total. The lowest BCUT2D eigenvalue weighted by Gasteiger charge is -2.15. The van der Waals surface area contributed by atoms with Gasteiger partial charge in [0.2, 0.25) is 0 Å². The van der Waals surface area contributed by atoms with Crippen molar-refractivity contribution in [3.63, 3.8) is 0 Å². The lowest BCUT2D eigenvalue weighted by atomic mass is 10.1. The Morgan fingerprint density at radius 1 is 1.05 bits per heavy atom. The number of nitriles is 1. The topological polar surface area (TPSA) is 130 Å². The molecule has 10 heteroatoms. The summed E-state index contributed by atoms with van der Waals surface area (Å²) in [6, 6.07) is 18.0. The number of ether oxygens (including phenoxy) is 3. The van der Waals surface area contributed by atoms with E-state index in [1.165, 1.54) is 37.5 Å². The number of hydrogen-bond acceptors (Lipinski definition) is 7. The number of aromatic hydroxyl groups is 1. The van der Waals surface area contributed by atoms with Gasteiger partial charge < -0.3 is 30.0 Å². The maximum absolute atomic E-state index is 12.6. The van der Waals surface area contributed by atoms with Crippen molar-refractivity contribution in [2.24, 2.45) is 0 Å². The summed E-state index contributed by atoms with van der Waals surface area (Å²) in [5, 5.41) is 24.3. The van der Waals surface area contributed by atoms with Gasteiger partial charge in [-0.3, -0.25) is 9.59 Å². The number of nitrogens with one attached hydrogen (secondary N) is 2. The molecule has 0 saturated heterocycles. The number of hydrogen-bond donors (Lipinski definition) is 3. The lowest BCUT2D eigenvalue weighted by molar-refractivity contribution is -0.118. The zero-order valence-corrected chi connectivity index (χ0v) is 21.7. The van der Waals surface area contributed by atoms with Crippen molar-refractivity contribution >= 4 is 45.2 Å². The Bertz CT molecular complexity index is 1350. The van der Waals surface area contributed by atoms with Crippen LogP contribution in [0.5, 0.6) is 23.0 Å². The highest BCUT2D eigenvalue weighted by atomic mass is 79.9. The van der Waals surface area contributed by atoms with E-state index < -0.39 is 11.8 Å². The average Bonchev–Trinajstić information content (AvgIpc) is 2.88. The van der Waals surface area contributed by atoms with Gasteiger partial charge >= 0.3 is 0 Å². The zero-order valence-electron chi connectivity index (χ0n) is 20.1. The molecule has 3 aromatic rings. The first kappa shape index (κ1) is 27.1. The largest absolute Gasteiger partial charge is 0.508 e. The summed E-state index contributed by atoms with van der Waals surface area (Å²) in [5.41, 5.74) is 1.29. The molecule has 37 heavy (non-hydrogen) atoms. The molecule has 0 aromatic heterocycles. The third-order valence-corrected chi connectivity index (χ3v) is 5.45. The molecule has 190 valence electrons. The summed E-state index contributed by atoms with van der Waals surface area (Å²) in [6.07, 6.45) is 1.40. The van der Waals surface area contributed by atoms with E-state index in [-0.39, 0.29) is 17.9 Å². The fraction of sp³-hybridized carbons (Fsp3) is 0.148. The number of phenolic OH excluding ortho intramolecular Hbond substituents is 1. The van der Waals surface area contributed by atoms with Gasteiger partial charge in [0.05, 0.1) is 23.9 Å². The summed E-state index contributed by atoms with van der Waals surface area (Å²) in [5.74, 6) is 0.176. The van der Waals surface area contributed by atoms with Crippen molar-refractivity contribution in [2.75, 3.05) is 31.0 Å². The van der Waals surface area contributed by atoms with Gasteiger partial charge in [-0.05, 0) is 83.0 Å². The highest BCUT2D eigenvalue weighted by molar-refractivity contribution is 9.10. The smallest absolute Gasteiger partial charge is 0.266 e. The van der Waals surface area contributed by atoms with E-state index in [1.807, 2.05) is 6.07 Å². The van der Waals surface area contributed by atoms with Crippen LogP contribution in [0.15, 0.2) is 70.7 Å². The molecule has 3 N–H and O–H groups in total. The Hall–Kier alpha value is -4.49. The number of carbonyl (C=O) groups is 2. The number of benzene rings is 3. The zero-order chi connectivity index (χ0) is 26.8. The van der Waals surface area contributed by atoms with Crippen LogP contribution in [0.2, 0.25) is 0 Å². The second kappa shape index (κ2) is 13.0. The molecule has 0 heterocycles. The number of phenols is 1. The number of rotatable bonds is 10. The molecule has 0 aliphatic rings. The Kier molecular flexibility index (Phi) is 9.52. The van der Waals surface area contributed by atoms with Crippen molar-refractivity contribution in [3.8, 4) is 29.1 Å². The molecule has 3 aromatic carbocycles. The highest BCUT2D eigenvalue weighted by Gasteiger charge is 2.16. The quantitative estimate of drug-likeness (QED) is 0.176. The van der Waals surface area contributed by atoms with Crippen LogP contribution >= 0.6 is 15.9 Å². The molecule has 0 unspecified atom stereocenters. The number of anilines is 2. The van der Waals surface area contributed by atoms with Crippen LogP contribution in [0.3, 0.4) is 0 Å². The third kappa shape index (κ3) is 7.49. The van der Waals surface area contributed by atoms with E-state index in [2.05, 4.69) is 26.6 Å². The molecular weight excluding hydrogens is 542 g/mol. The van der Waals surface area contributed by atoms with Gasteiger partial charge in [-0.25, -0.2) is 0 Å². The molecule has 3 rings (SSSR count). The van der Waals surface area contributed by atoms with Gasteiger partial charge in [0.15, 0.2) is 18.1 Å². The maximum atomic E-state index is 12.6. The van der Waals surface area contributed by atoms with Gasteiger partial charge in [-0.1, -0.05) is 12.1 Å². The Morgan fingerprint density at radius 2 is 1.78 bits per heavy atom. The predicted octanol–water partition coefficient (Wildman–Crippen LogP) is 5.13. The summed E-state index contributed by atoms with van der Waals surface area (Å²) in [6.45, 7) is 1.81. The van der Waals surface area contributed by atoms with E-state index in [0.29, 0.717) is 45.3 Å². The monoisotopic (exact) mass is 565 g/mol. The number of halogens is 1. The standard InChI is InChI=1S/C27H24BrN3O6/c1-3-36-24-14-17(12-18(15-29)27(34)30-19-8-10-20(32)11-9-19)13-21(28)26(24)37-16-25(33)31-22-6-4-5-7-23(22)35-2/h4-14,32H,3,16H2,1-2H3,(H,30,34)(H,31,33)/b18-12+. The highest BCUT2D eigenvalue weighted by Crippen LogP contribution is 2.37. The fourth-order valence-electron chi connectivity index (χ4n) is 3.20. The first-order valence-electron chi connectivity index (χ1n) is 11.1. The van der Waals surface area contributed by atoms with E-state index in [9.17, 15) is 20.0 Å². The fourth-order valence-corrected chi connectivity index (χ4v) is 3.78. The van der Waals surface area contributed by atoms with Crippen LogP contribution < -0.4 is 24.8 Å². The van der Waals surface area contributed by atoms with Crippen molar-refractivity contribution < 1.29 is 28.9 Å². The SMILES string of the molecule is CCOc1cc(/C=C(\C#N)C(=O)Nc2ccc(O)cc2)cc(Br)c1OCC(=O)Nc1ccccc1OC. The van der Waals surface area contributed by atoms with E-state index in [0.717, 1.165) is 0 Å². The second-order valence-corrected chi connectivity index (χ2v) is 8.33. The van der Waals surface area contributed by atoms with Gasteiger partial charge in [-0.15, -0.1) is 0 Å². The van der Waals surface area contributed by atoms with E-state index >= 15 is 0 Å². The molecule has 0 fully saturated rings. The van der Waals surface area contributed by atoms with Crippen molar-refractivity contribution in [1.29, 1.82) is 5.26 Å². The number of amides is 2. The maximum Gasteiger partial charge on any atom is 0.266 e. The van der Waals surface area contributed by atoms with E-state index in [1.54, 1.807) is 43.3 Å². The van der Waals surface area contributed by atoms with Gasteiger partial charge in [0, 0.05) is 5.69 Å². The molecule has 0 saturated carbocycles. The van der Waals surface area contributed by atoms with Crippen LogP contribution in [0.1, 0.15) is 12.5 Å². The molecular formula is C27H24BrN3O6. The number of methoxy groups -OCH3 is 1. The van der Waals surface area contributed by atoms with Crippen LogP contribution in [-0.4, -0.2) is 37.2 Å². The van der Waals surface area contributed by atoms with Gasteiger partial charge in [0.1, 0.15) is 23.1 Å². The molecule has 2 amide bonds. The normalized spacial score (nSPS) is 10.7. The first-order chi connectivity index (χ1) is 17.8. The minimum Gasteiger partial charge on any atom is -0.508 e. The summed E-state index contributed by atoms with van der Waals surface area (Å²) in [4.78, 5) is 25.1. The Morgan fingerprint density at radius 3 is 2.46 bits per heavy atom. The summed E-state index contributed by atoms with van der Waals surface area (Å²) < 4.78 is 17.1. The van der Waals surface area contributed by atoms with Crippen LogP contribution in [0.25, 0.3) is 6.08 Å². The van der Waals surface area contributed by atoms with Gasteiger partial charge in [-0.2, -0.15) is 5.26 Å². The average molecular weight is 566 g/mol. The Balaban J connectivity index is 1.77. The Labute approximate surface area is 222 Å². The summed E-state index contributed by atoms with van der Waals surface area (Å²) in [7, 11) is 1.51. The minimum atomic E-state index is -0.615.